The van der Waals surface area contributed by atoms with E-state index in [1.807, 2.05) is 24.3 Å². The Morgan fingerprint density at radius 2 is 1.73 bits per heavy atom. The second kappa shape index (κ2) is 10.9. The van der Waals surface area contributed by atoms with Crippen molar-refractivity contribution in [3.05, 3.63) is 88.4 Å². The first-order valence-electron chi connectivity index (χ1n) is 11.7. The molecule has 3 aromatic rings. The molecule has 194 valence electrons. The van der Waals surface area contributed by atoms with Gasteiger partial charge in [0.15, 0.2) is 6.17 Å². The van der Waals surface area contributed by atoms with Gasteiger partial charge in [0.25, 0.3) is 0 Å². The van der Waals surface area contributed by atoms with Gasteiger partial charge in [-0.15, -0.1) is 0 Å². The van der Waals surface area contributed by atoms with E-state index in [-0.39, 0.29) is 6.03 Å². The summed E-state index contributed by atoms with van der Waals surface area (Å²) in [5.74, 6) is 0.722. The molecule has 2 N–H and O–H groups in total. The number of carbonyl (C=O) groups is 2. The van der Waals surface area contributed by atoms with Crippen molar-refractivity contribution in [3.8, 4) is 5.75 Å². The first-order valence-corrected chi connectivity index (χ1v) is 12.4. The number of methoxy groups -OCH3 is 1. The van der Waals surface area contributed by atoms with Crippen molar-refractivity contribution in [1.82, 2.24) is 9.96 Å². The molecule has 3 aromatic carbocycles. The van der Waals surface area contributed by atoms with E-state index in [1.165, 1.54) is 4.90 Å². The molecule has 37 heavy (non-hydrogen) atoms. The number of carbonyl (C=O) groups excluding carboxylic acids is 2. The van der Waals surface area contributed by atoms with Crippen LogP contribution >= 0.6 is 23.2 Å². The molecule has 0 saturated carbocycles. The second-order valence-electron chi connectivity index (χ2n) is 9.16. The minimum Gasteiger partial charge on any atom is -0.496 e. The van der Waals surface area contributed by atoms with E-state index in [0.717, 1.165) is 11.3 Å². The molecule has 8 nitrogen and oxygen atoms in total. The maximum atomic E-state index is 13.8. The SMILES string of the molecule is COc1ccccc1CCN1C(=O)N(c2cccc(Cl)c2)C(N(O)C(=O)Nc2cccc(Cl)c2)C1(C)C. The van der Waals surface area contributed by atoms with Crippen LogP contribution in [-0.4, -0.2) is 52.6 Å². The molecule has 1 aliphatic rings. The summed E-state index contributed by atoms with van der Waals surface area (Å²) in [5.41, 5.74) is 0.791. The number of nitrogens with zero attached hydrogens (tertiary/aromatic N) is 3. The molecule has 0 radical (unpaired) electrons. The fourth-order valence-electron chi connectivity index (χ4n) is 4.61. The first-order chi connectivity index (χ1) is 17.6. The predicted octanol–water partition coefficient (Wildman–Crippen LogP) is 6.51. The number of rotatable bonds is 7. The number of amides is 4. The molecule has 0 aliphatic carbocycles. The van der Waals surface area contributed by atoms with Crippen LogP contribution in [0, 0.1) is 0 Å². The number of ether oxygens (including phenoxy) is 1. The minimum absolute atomic E-state index is 0.323. The number of hydroxylamine groups is 2. The van der Waals surface area contributed by atoms with Crippen molar-refractivity contribution in [2.75, 3.05) is 23.9 Å². The number of para-hydroxylation sites is 1. The van der Waals surface area contributed by atoms with Crippen molar-refractivity contribution in [2.24, 2.45) is 0 Å². The van der Waals surface area contributed by atoms with Crippen LogP contribution in [0.1, 0.15) is 19.4 Å². The summed E-state index contributed by atoms with van der Waals surface area (Å²) < 4.78 is 5.46. The minimum atomic E-state index is -1.07. The fraction of sp³-hybridized carbons (Fsp3) is 0.259. The number of anilines is 2. The molecule has 4 rings (SSSR count). The van der Waals surface area contributed by atoms with Gasteiger partial charge in [0.2, 0.25) is 0 Å². The van der Waals surface area contributed by atoms with E-state index in [0.29, 0.717) is 39.4 Å². The van der Waals surface area contributed by atoms with Gasteiger partial charge in [-0.2, -0.15) is 5.06 Å². The Balaban J connectivity index is 1.67. The molecule has 1 aliphatic heterocycles. The smallest absolute Gasteiger partial charge is 0.347 e. The van der Waals surface area contributed by atoms with Crippen molar-refractivity contribution in [1.29, 1.82) is 0 Å². The summed E-state index contributed by atoms with van der Waals surface area (Å²) in [4.78, 5) is 30.0. The maximum absolute atomic E-state index is 13.8. The highest BCUT2D eigenvalue weighted by molar-refractivity contribution is 6.31. The van der Waals surface area contributed by atoms with Crippen LogP contribution in [0.15, 0.2) is 72.8 Å². The monoisotopic (exact) mass is 542 g/mol. The van der Waals surface area contributed by atoms with E-state index in [1.54, 1.807) is 74.4 Å². The van der Waals surface area contributed by atoms with Gasteiger partial charge in [0.05, 0.1) is 12.6 Å². The molecule has 0 aromatic heterocycles. The lowest BCUT2D eigenvalue weighted by Gasteiger charge is -2.38. The van der Waals surface area contributed by atoms with Crippen LogP contribution in [0.5, 0.6) is 5.75 Å². The van der Waals surface area contributed by atoms with Crippen LogP contribution in [0.3, 0.4) is 0 Å². The average molecular weight is 543 g/mol. The molecule has 1 saturated heterocycles. The van der Waals surface area contributed by atoms with Gasteiger partial charge in [0.1, 0.15) is 5.75 Å². The summed E-state index contributed by atoms with van der Waals surface area (Å²) in [6.07, 6.45) is -0.564. The van der Waals surface area contributed by atoms with Gasteiger partial charge >= 0.3 is 12.1 Å². The predicted molar refractivity (Wildman–Crippen MR) is 145 cm³/mol. The molecular weight excluding hydrogens is 515 g/mol. The summed E-state index contributed by atoms with van der Waals surface area (Å²) in [6.45, 7) is 3.93. The number of hydrogen-bond donors (Lipinski definition) is 2. The Hall–Kier alpha value is -3.46. The maximum Gasteiger partial charge on any atom is 0.347 e. The molecular formula is C27H28Cl2N4O4. The van der Waals surface area contributed by atoms with Crippen LogP contribution in [0.4, 0.5) is 21.0 Å². The molecule has 1 unspecified atom stereocenters. The third-order valence-corrected chi connectivity index (χ3v) is 6.88. The van der Waals surface area contributed by atoms with Gasteiger partial charge < -0.3 is 15.0 Å². The van der Waals surface area contributed by atoms with Crippen LogP contribution in [0.2, 0.25) is 10.0 Å². The lowest BCUT2D eigenvalue weighted by Crippen LogP contribution is -2.58. The van der Waals surface area contributed by atoms with Gasteiger partial charge in [-0.1, -0.05) is 53.5 Å². The van der Waals surface area contributed by atoms with Crippen molar-refractivity contribution < 1.29 is 19.5 Å². The van der Waals surface area contributed by atoms with Crippen LogP contribution in [-0.2, 0) is 6.42 Å². The van der Waals surface area contributed by atoms with Crippen molar-refractivity contribution >= 4 is 46.6 Å². The lowest BCUT2D eigenvalue weighted by atomic mass is 9.99. The Kier molecular flexibility index (Phi) is 7.82. The summed E-state index contributed by atoms with van der Waals surface area (Å²) in [7, 11) is 1.60. The van der Waals surface area contributed by atoms with E-state index in [9.17, 15) is 14.8 Å². The highest BCUT2D eigenvalue weighted by Crippen LogP contribution is 2.39. The Bertz CT molecular complexity index is 1300. The van der Waals surface area contributed by atoms with Crippen LogP contribution < -0.4 is 15.0 Å². The Labute approximate surface area is 225 Å². The summed E-state index contributed by atoms with van der Waals surface area (Å²) >= 11 is 12.3. The van der Waals surface area contributed by atoms with Crippen molar-refractivity contribution in [3.63, 3.8) is 0 Å². The van der Waals surface area contributed by atoms with E-state index in [4.69, 9.17) is 27.9 Å². The topological polar surface area (TPSA) is 85.3 Å². The van der Waals surface area contributed by atoms with Gasteiger partial charge in [-0.25, -0.2) is 9.59 Å². The van der Waals surface area contributed by atoms with Gasteiger partial charge in [-0.3, -0.25) is 10.1 Å². The van der Waals surface area contributed by atoms with Crippen molar-refractivity contribution in [2.45, 2.75) is 32.0 Å². The lowest BCUT2D eigenvalue weighted by molar-refractivity contribution is -0.0947. The summed E-state index contributed by atoms with van der Waals surface area (Å²) in [5, 5.41) is 15.2. The zero-order chi connectivity index (χ0) is 26.7. The standard InChI is InChI=1S/C27H28Cl2N4O4/c1-27(2)24(33(36)25(34)30-21-11-6-9-19(28)16-21)32(22-12-7-10-20(29)17-22)26(35)31(27)15-14-18-8-4-5-13-23(18)37-3/h4-13,16-17,24,36H,14-15H2,1-3H3,(H,30,34). The summed E-state index contributed by atoms with van der Waals surface area (Å²) in [6, 6.07) is 19.7. The van der Waals surface area contributed by atoms with Gasteiger partial charge in [0, 0.05) is 28.0 Å². The number of nitrogens with one attached hydrogen (secondary N) is 1. The Morgan fingerprint density at radius 1 is 1.05 bits per heavy atom. The third kappa shape index (κ3) is 5.46. The van der Waals surface area contributed by atoms with E-state index >= 15 is 0 Å². The van der Waals surface area contributed by atoms with Gasteiger partial charge in [-0.05, 0) is 68.3 Å². The molecule has 0 spiro atoms. The molecule has 1 atom stereocenters. The molecule has 10 heteroatoms. The Morgan fingerprint density at radius 3 is 2.41 bits per heavy atom. The zero-order valence-corrected chi connectivity index (χ0v) is 22.2. The zero-order valence-electron chi connectivity index (χ0n) is 20.7. The number of halogens is 2. The highest BCUT2D eigenvalue weighted by Gasteiger charge is 2.55. The first kappa shape index (κ1) is 26.6. The molecule has 1 heterocycles. The molecule has 4 amide bonds. The number of hydrogen-bond acceptors (Lipinski definition) is 4. The number of benzene rings is 3. The fourth-order valence-corrected chi connectivity index (χ4v) is 4.98. The normalized spacial score (nSPS) is 16.6. The largest absolute Gasteiger partial charge is 0.496 e. The quantitative estimate of drug-likeness (QED) is 0.263. The van der Waals surface area contributed by atoms with E-state index < -0.39 is 17.7 Å². The third-order valence-electron chi connectivity index (χ3n) is 6.41. The number of urea groups is 2. The molecule has 1 fully saturated rings. The second-order valence-corrected chi connectivity index (χ2v) is 10.0. The average Bonchev–Trinajstić information content (AvgIpc) is 3.06. The molecule has 0 bridgehead atoms. The van der Waals surface area contributed by atoms with Crippen LogP contribution in [0.25, 0.3) is 0 Å². The highest BCUT2D eigenvalue weighted by atomic mass is 35.5. The van der Waals surface area contributed by atoms with E-state index in [2.05, 4.69) is 5.32 Å².